The van der Waals surface area contributed by atoms with Gasteiger partial charge in [0.1, 0.15) is 6.10 Å². The SMILES string of the molecule is CC(ON)c1cc(Cl)cc(Br)c1. The van der Waals surface area contributed by atoms with Crippen molar-refractivity contribution in [1.82, 2.24) is 0 Å². The lowest BCUT2D eigenvalue weighted by atomic mass is 10.1. The summed E-state index contributed by atoms with van der Waals surface area (Å²) in [5.74, 6) is 5.05. The zero-order valence-corrected chi connectivity index (χ0v) is 8.89. The number of nitrogens with two attached hydrogens (primary N) is 1. The molecule has 0 bridgehead atoms. The van der Waals surface area contributed by atoms with Gasteiger partial charge in [-0.05, 0) is 30.7 Å². The first-order chi connectivity index (χ1) is 5.63. The van der Waals surface area contributed by atoms with E-state index < -0.39 is 0 Å². The Morgan fingerprint density at radius 1 is 1.50 bits per heavy atom. The predicted molar refractivity (Wildman–Crippen MR) is 52.8 cm³/mol. The fraction of sp³-hybridized carbons (Fsp3) is 0.250. The van der Waals surface area contributed by atoms with Gasteiger partial charge in [0.2, 0.25) is 0 Å². The van der Waals surface area contributed by atoms with E-state index in [0.717, 1.165) is 10.0 Å². The van der Waals surface area contributed by atoms with Crippen molar-refractivity contribution in [2.45, 2.75) is 13.0 Å². The zero-order valence-electron chi connectivity index (χ0n) is 6.55. The first kappa shape index (κ1) is 9.99. The predicted octanol–water partition coefficient (Wildman–Crippen LogP) is 3.05. The largest absolute Gasteiger partial charge is 0.297 e. The molecule has 0 aliphatic rings. The molecule has 0 amide bonds. The highest BCUT2D eigenvalue weighted by molar-refractivity contribution is 9.10. The first-order valence-electron chi connectivity index (χ1n) is 3.45. The van der Waals surface area contributed by atoms with Crippen molar-refractivity contribution >= 4 is 27.5 Å². The van der Waals surface area contributed by atoms with Gasteiger partial charge in [-0.25, -0.2) is 5.90 Å². The van der Waals surface area contributed by atoms with Gasteiger partial charge in [-0.15, -0.1) is 0 Å². The number of rotatable bonds is 2. The Labute approximate surface area is 84.7 Å². The molecule has 0 aliphatic heterocycles. The summed E-state index contributed by atoms with van der Waals surface area (Å²) in [6, 6.07) is 5.56. The van der Waals surface area contributed by atoms with Crippen LogP contribution in [0.15, 0.2) is 22.7 Å². The number of hydrogen-bond acceptors (Lipinski definition) is 2. The Kier molecular flexibility index (Phi) is 3.53. The minimum Gasteiger partial charge on any atom is -0.297 e. The molecule has 1 aromatic rings. The van der Waals surface area contributed by atoms with Crippen LogP contribution in [0.1, 0.15) is 18.6 Å². The molecule has 0 fully saturated rings. The zero-order chi connectivity index (χ0) is 9.14. The van der Waals surface area contributed by atoms with Crippen molar-refractivity contribution in [3.63, 3.8) is 0 Å². The van der Waals surface area contributed by atoms with Crippen LogP contribution in [0, 0.1) is 0 Å². The molecular formula is C8H9BrClNO. The molecule has 0 heterocycles. The van der Waals surface area contributed by atoms with Gasteiger partial charge >= 0.3 is 0 Å². The molecule has 0 aliphatic carbocycles. The lowest BCUT2D eigenvalue weighted by molar-refractivity contribution is 0.0664. The minimum atomic E-state index is -0.139. The quantitative estimate of drug-likeness (QED) is 0.819. The molecule has 66 valence electrons. The molecule has 0 radical (unpaired) electrons. The average molecular weight is 251 g/mol. The Morgan fingerprint density at radius 2 is 2.17 bits per heavy atom. The maximum atomic E-state index is 5.82. The van der Waals surface area contributed by atoms with Crippen LogP contribution in [0.25, 0.3) is 0 Å². The molecule has 1 unspecified atom stereocenters. The van der Waals surface area contributed by atoms with Crippen molar-refractivity contribution in [3.8, 4) is 0 Å². The summed E-state index contributed by atoms with van der Waals surface area (Å²) >= 11 is 9.15. The highest BCUT2D eigenvalue weighted by atomic mass is 79.9. The van der Waals surface area contributed by atoms with E-state index in [-0.39, 0.29) is 6.10 Å². The highest BCUT2D eigenvalue weighted by Crippen LogP contribution is 2.24. The van der Waals surface area contributed by atoms with Crippen LogP contribution in [0.4, 0.5) is 0 Å². The average Bonchev–Trinajstić information content (AvgIpc) is 2.01. The van der Waals surface area contributed by atoms with Gasteiger partial charge in [-0.2, -0.15) is 0 Å². The van der Waals surface area contributed by atoms with E-state index in [9.17, 15) is 0 Å². The molecule has 12 heavy (non-hydrogen) atoms. The van der Waals surface area contributed by atoms with Crippen molar-refractivity contribution in [3.05, 3.63) is 33.3 Å². The molecular weight excluding hydrogens is 241 g/mol. The van der Waals surface area contributed by atoms with Crippen LogP contribution in [0.5, 0.6) is 0 Å². The number of halogens is 2. The van der Waals surface area contributed by atoms with Crippen molar-refractivity contribution < 1.29 is 4.84 Å². The third-order valence-corrected chi connectivity index (χ3v) is 2.23. The summed E-state index contributed by atoms with van der Waals surface area (Å²) in [6.45, 7) is 1.86. The fourth-order valence-corrected chi connectivity index (χ4v) is 1.77. The van der Waals surface area contributed by atoms with E-state index in [1.54, 1.807) is 0 Å². The lowest BCUT2D eigenvalue weighted by Gasteiger charge is -2.09. The summed E-state index contributed by atoms with van der Waals surface area (Å²) in [5, 5.41) is 0.670. The summed E-state index contributed by atoms with van der Waals surface area (Å²) in [4.78, 5) is 4.67. The van der Waals surface area contributed by atoms with Crippen LogP contribution >= 0.6 is 27.5 Å². The van der Waals surface area contributed by atoms with Crippen LogP contribution in [-0.2, 0) is 4.84 Å². The van der Waals surface area contributed by atoms with Crippen LogP contribution in [-0.4, -0.2) is 0 Å². The Bertz CT molecular complexity index is 260. The van der Waals surface area contributed by atoms with Crippen molar-refractivity contribution in [1.29, 1.82) is 0 Å². The highest BCUT2D eigenvalue weighted by Gasteiger charge is 2.05. The molecule has 0 spiro atoms. The molecule has 1 atom stereocenters. The van der Waals surface area contributed by atoms with Crippen molar-refractivity contribution in [2.24, 2.45) is 5.90 Å². The molecule has 0 saturated heterocycles. The molecule has 1 aromatic carbocycles. The molecule has 1 rings (SSSR count). The second-order valence-corrected chi connectivity index (χ2v) is 3.83. The van der Waals surface area contributed by atoms with Gasteiger partial charge in [0.15, 0.2) is 0 Å². The third-order valence-electron chi connectivity index (χ3n) is 1.56. The maximum Gasteiger partial charge on any atom is 0.101 e. The van der Waals surface area contributed by atoms with E-state index in [1.807, 2.05) is 25.1 Å². The summed E-state index contributed by atoms with van der Waals surface area (Å²) in [7, 11) is 0. The second kappa shape index (κ2) is 4.23. The lowest BCUT2D eigenvalue weighted by Crippen LogP contribution is -2.05. The van der Waals surface area contributed by atoms with E-state index in [1.165, 1.54) is 0 Å². The third kappa shape index (κ3) is 2.45. The molecule has 2 nitrogen and oxygen atoms in total. The maximum absolute atomic E-state index is 5.82. The summed E-state index contributed by atoms with van der Waals surface area (Å²) in [5.41, 5.74) is 0.955. The van der Waals surface area contributed by atoms with Gasteiger partial charge < -0.3 is 0 Å². The topological polar surface area (TPSA) is 35.2 Å². The Hall–Kier alpha value is -0.0900. The van der Waals surface area contributed by atoms with E-state index in [4.69, 9.17) is 17.5 Å². The van der Waals surface area contributed by atoms with E-state index >= 15 is 0 Å². The van der Waals surface area contributed by atoms with Gasteiger partial charge in [0.05, 0.1) is 0 Å². The van der Waals surface area contributed by atoms with Crippen LogP contribution in [0.3, 0.4) is 0 Å². The summed E-state index contributed by atoms with van der Waals surface area (Å²) < 4.78 is 0.925. The van der Waals surface area contributed by atoms with Crippen molar-refractivity contribution in [2.75, 3.05) is 0 Å². The monoisotopic (exact) mass is 249 g/mol. The van der Waals surface area contributed by atoms with Crippen LogP contribution in [0.2, 0.25) is 5.02 Å². The van der Waals surface area contributed by atoms with E-state index in [2.05, 4.69) is 20.8 Å². The molecule has 0 saturated carbocycles. The van der Waals surface area contributed by atoms with E-state index in [0.29, 0.717) is 5.02 Å². The van der Waals surface area contributed by atoms with Gasteiger partial charge in [-0.1, -0.05) is 27.5 Å². The van der Waals surface area contributed by atoms with Gasteiger partial charge in [-0.3, -0.25) is 4.84 Å². The van der Waals surface area contributed by atoms with Gasteiger partial charge in [0.25, 0.3) is 0 Å². The fourth-order valence-electron chi connectivity index (χ4n) is 0.888. The second-order valence-electron chi connectivity index (χ2n) is 2.48. The molecule has 4 heteroatoms. The molecule has 0 aromatic heterocycles. The van der Waals surface area contributed by atoms with Gasteiger partial charge in [0, 0.05) is 9.50 Å². The normalized spacial score (nSPS) is 13.0. The smallest absolute Gasteiger partial charge is 0.101 e. The Morgan fingerprint density at radius 3 is 2.67 bits per heavy atom. The van der Waals surface area contributed by atoms with Crippen LogP contribution < -0.4 is 5.90 Å². The molecule has 2 N–H and O–H groups in total. The standard InChI is InChI=1S/C8H9BrClNO/c1-5(12-11)6-2-7(9)4-8(10)3-6/h2-5H,11H2,1H3. The first-order valence-corrected chi connectivity index (χ1v) is 4.62. The summed E-state index contributed by atoms with van der Waals surface area (Å²) in [6.07, 6.45) is -0.139. The number of hydrogen-bond donors (Lipinski definition) is 1. The Balaban J connectivity index is 3.00. The number of benzene rings is 1. The minimum absolute atomic E-state index is 0.139.